The van der Waals surface area contributed by atoms with Gasteiger partial charge in [0.25, 0.3) is 5.56 Å². The van der Waals surface area contributed by atoms with Gasteiger partial charge >= 0.3 is 0 Å². The molecule has 3 aromatic carbocycles. The maximum atomic E-state index is 12.1. The van der Waals surface area contributed by atoms with E-state index < -0.39 is 0 Å². The number of halogens is 3. The average molecular weight is 542 g/mol. The van der Waals surface area contributed by atoms with Gasteiger partial charge in [0.05, 0.1) is 11.1 Å². The third kappa shape index (κ3) is 6.07. The van der Waals surface area contributed by atoms with E-state index in [0.717, 1.165) is 54.2 Å². The molecule has 5 rings (SSSR count). The highest BCUT2D eigenvalue weighted by atomic mass is 35.5. The lowest BCUT2D eigenvalue weighted by atomic mass is 9.91. The third-order valence-corrected chi connectivity index (χ3v) is 7.68. The van der Waals surface area contributed by atoms with Crippen molar-refractivity contribution in [1.29, 1.82) is 0 Å². The number of aromatic amines is 1. The molecule has 0 unspecified atom stereocenters. The molecular weight excluding hydrogens is 515 g/mol. The monoisotopic (exact) mass is 540 g/mol. The largest absolute Gasteiger partial charge is 0.489 e. The molecule has 1 fully saturated rings. The Morgan fingerprint density at radius 2 is 1.39 bits per heavy atom. The Morgan fingerprint density at radius 1 is 0.806 bits per heavy atom. The minimum Gasteiger partial charge on any atom is -0.489 e. The molecule has 1 saturated carbocycles. The van der Waals surface area contributed by atoms with E-state index in [1.165, 1.54) is 11.1 Å². The van der Waals surface area contributed by atoms with Gasteiger partial charge in [-0.05, 0) is 84.7 Å². The number of fused-ring (bicyclic) bond motifs is 1. The summed E-state index contributed by atoms with van der Waals surface area (Å²) >= 11 is 18.7. The molecule has 186 valence electrons. The van der Waals surface area contributed by atoms with Crippen LogP contribution in [-0.4, -0.2) is 22.0 Å². The lowest BCUT2D eigenvalue weighted by molar-refractivity contribution is 0.0795. The van der Waals surface area contributed by atoms with Crippen LogP contribution in [0.2, 0.25) is 15.1 Å². The SMILES string of the molecule is O=c1[nH]ccc2cc(O[C@H]3CC[C@H](N(Cc4ccc(Cl)cc4)Cc4ccc(Cl)cc4)CC3)c(Cl)cc12. The summed E-state index contributed by atoms with van der Waals surface area (Å²) in [4.78, 5) is 17.3. The van der Waals surface area contributed by atoms with Gasteiger partial charge in [-0.1, -0.05) is 59.1 Å². The van der Waals surface area contributed by atoms with Crippen molar-refractivity contribution < 1.29 is 4.74 Å². The van der Waals surface area contributed by atoms with Gasteiger partial charge in [0.1, 0.15) is 5.75 Å². The predicted octanol–water partition coefficient (Wildman–Crippen LogP) is 7.88. The van der Waals surface area contributed by atoms with E-state index in [1.807, 2.05) is 36.4 Å². The summed E-state index contributed by atoms with van der Waals surface area (Å²) < 4.78 is 6.33. The molecule has 4 aromatic rings. The van der Waals surface area contributed by atoms with Crippen LogP contribution in [0, 0.1) is 0 Å². The number of hydrogen-bond donors (Lipinski definition) is 1. The van der Waals surface area contributed by atoms with Crippen molar-refractivity contribution in [2.24, 2.45) is 0 Å². The minimum absolute atomic E-state index is 0.0890. The Kier molecular flexibility index (Phi) is 7.87. The second kappa shape index (κ2) is 11.3. The van der Waals surface area contributed by atoms with Gasteiger partial charge in [-0.15, -0.1) is 0 Å². The Bertz CT molecular complexity index is 1330. The molecular formula is C29H27Cl3N2O2. The highest BCUT2D eigenvalue weighted by Gasteiger charge is 2.27. The van der Waals surface area contributed by atoms with E-state index in [2.05, 4.69) is 34.1 Å². The first-order chi connectivity index (χ1) is 17.4. The maximum Gasteiger partial charge on any atom is 0.255 e. The molecule has 0 aliphatic heterocycles. The van der Waals surface area contributed by atoms with E-state index in [0.29, 0.717) is 22.2 Å². The van der Waals surface area contributed by atoms with Gasteiger partial charge in [-0.2, -0.15) is 0 Å². The molecule has 0 spiro atoms. The summed E-state index contributed by atoms with van der Waals surface area (Å²) in [5, 5.41) is 3.35. The van der Waals surface area contributed by atoms with Crippen LogP contribution in [-0.2, 0) is 13.1 Å². The number of ether oxygens (including phenoxy) is 1. The zero-order chi connectivity index (χ0) is 25.1. The fourth-order valence-electron chi connectivity index (χ4n) is 4.95. The number of nitrogens with one attached hydrogen (secondary N) is 1. The van der Waals surface area contributed by atoms with Crippen LogP contribution in [0.15, 0.2) is 77.7 Å². The fourth-order valence-corrected chi connectivity index (χ4v) is 5.41. The number of aromatic nitrogens is 1. The molecule has 0 radical (unpaired) electrons. The van der Waals surface area contributed by atoms with Crippen LogP contribution in [0.4, 0.5) is 0 Å². The second-order valence-corrected chi connectivity index (χ2v) is 10.7. The topological polar surface area (TPSA) is 45.3 Å². The van der Waals surface area contributed by atoms with E-state index in [9.17, 15) is 4.79 Å². The van der Waals surface area contributed by atoms with Crippen molar-refractivity contribution in [2.45, 2.75) is 50.9 Å². The molecule has 1 heterocycles. The average Bonchev–Trinajstić information content (AvgIpc) is 2.88. The normalized spacial score (nSPS) is 18.0. The van der Waals surface area contributed by atoms with Crippen LogP contribution in [0.25, 0.3) is 10.8 Å². The quantitative estimate of drug-likeness (QED) is 0.259. The first kappa shape index (κ1) is 25.2. The molecule has 36 heavy (non-hydrogen) atoms. The smallest absolute Gasteiger partial charge is 0.255 e. The molecule has 1 aliphatic carbocycles. The second-order valence-electron chi connectivity index (χ2n) is 9.38. The van der Waals surface area contributed by atoms with E-state index in [4.69, 9.17) is 39.5 Å². The lowest BCUT2D eigenvalue weighted by Crippen LogP contribution is -2.39. The molecule has 0 atom stereocenters. The van der Waals surface area contributed by atoms with Crippen molar-refractivity contribution in [1.82, 2.24) is 9.88 Å². The van der Waals surface area contributed by atoms with Gasteiger partial charge in [-0.3, -0.25) is 9.69 Å². The minimum atomic E-state index is -0.150. The van der Waals surface area contributed by atoms with Crippen LogP contribution < -0.4 is 10.3 Å². The fraction of sp³-hybridized carbons (Fsp3) is 0.276. The summed E-state index contributed by atoms with van der Waals surface area (Å²) in [6, 6.07) is 22.0. The Hall–Kier alpha value is -2.50. The summed E-state index contributed by atoms with van der Waals surface area (Å²) in [7, 11) is 0. The number of H-pyrrole nitrogens is 1. The number of benzene rings is 3. The molecule has 1 aromatic heterocycles. The van der Waals surface area contributed by atoms with Crippen LogP contribution in [0.5, 0.6) is 5.75 Å². The molecule has 0 saturated heterocycles. The van der Waals surface area contributed by atoms with Gasteiger partial charge in [-0.25, -0.2) is 0 Å². The summed E-state index contributed by atoms with van der Waals surface area (Å²) in [6.45, 7) is 1.70. The Balaban J connectivity index is 1.28. The molecule has 1 aliphatic rings. The van der Waals surface area contributed by atoms with Crippen molar-refractivity contribution in [2.75, 3.05) is 0 Å². The molecule has 7 heteroatoms. The molecule has 0 bridgehead atoms. The highest BCUT2D eigenvalue weighted by molar-refractivity contribution is 6.33. The van der Waals surface area contributed by atoms with E-state index in [-0.39, 0.29) is 11.7 Å². The molecule has 0 amide bonds. The van der Waals surface area contributed by atoms with Crippen LogP contribution in [0.1, 0.15) is 36.8 Å². The van der Waals surface area contributed by atoms with E-state index in [1.54, 1.807) is 12.3 Å². The predicted molar refractivity (Wildman–Crippen MR) is 148 cm³/mol. The first-order valence-corrected chi connectivity index (χ1v) is 13.3. The molecule has 4 nitrogen and oxygen atoms in total. The van der Waals surface area contributed by atoms with Crippen LogP contribution >= 0.6 is 34.8 Å². The van der Waals surface area contributed by atoms with Gasteiger partial charge in [0, 0.05) is 40.8 Å². The maximum absolute atomic E-state index is 12.1. The standard InChI is InChI=1S/C29H27Cl3N2O2/c30-22-5-1-19(2-6-22)17-34(18-20-3-7-23(31)8-4-20)24-9-11-25(12-10-24)36-28-15-21-13-14-33-29(35)26(21)16-27(28)32/h1-8,13-16,24-25H,9-12,17-18H2,(H,33,35)/t24-,25-. The van der Waals surface area contributed by atoms with Crippen molar-refractivity contribution in [3.8, 4) is 5.75 Å². The third-order valence-electron chi connectivity index (χ3n) is 6.88. The van der Waals surface area contributed by atoms with E-state index >= 15 is 0 Å². The van der Waals surface area contributed by atoms with Crippen molar-refractivity contribution in [3.63, 3.8) is 0 Å². The number of hydrogen-bond acceptors (Lipinski definition) is 3. The Morgan fingerprint density at radius 3 is 1.97 bits per heavy atom. The number of nitrogens with zero attached hydrogens (tertiary/aromatic N) is 1. The van der Waals surface area contributed by atoms with Gasteiger partial charge in [0.2, 0.25) is 0 Å². The zero-order valence-electron chi connectivity index (χ0n) is 19.7. The molecule has 1 N–H and O–H groups in total. The van der Waals surface area contributed by atoms with Crippen molar-refractivity contribution in [3.05, 3.63) is 109 Å². The summed E-state index contributed by atoms with van der Waals surface area (Å²) in [5.41, 5.74) is 2.33. The number of rotatable bonds is 7. The van der Waals surface area contributed by atoms with Gasteiger partial charge in [0.15, 0.2) is 0 Å². The zero-order valence-corrected chi connectivity index (χ0v) is 22.0. The van der Waals surface area contributed by atoms with Gasteiger partial charge < -0.3 is 9.72 Å². The summed E-state index contributed by atoms with van der Waals surface area (Å²) in [6.07, 6.45) is 5.65. The van der Waals surface area contributed by atoms with Crippen LogP contribution in [0.3, 0.4) is 0 Å². The number of pyridine rings is 1. The summed E-state index contributed by atoms with van der Waals surface area (Å²) in [5.74, 6) is 0.636. The van der Waals surface area contributed by atoms with Crippen molar-refractivity contribution >= 4 is 45.6 Å². The highest BCUT2D eigenvalue weighted by Crippen LogP contribution is 2.34. The lowest BCUT2D eigenvalue weighted by Gasteiger charge is -2.37. The Labute approximate surface area is 225 Å². The first-order valence-electron chi connectivity index (χ1n) is 12.1.